The van der Waals surface area contributed by atoms with Crippen LogP contribution in [0, 0.1) is 5.92 Å². The summed E-state index contributed by atoms with van der Waals surface area (Å²) in [5, 5.41) is 4.23. The van der Waals surface area contributed by atoms with Crippen molar-refractivity contribution in [1.82, 2.24) is 15.0 Å². The van der Waals surface area contributed by atoms with Crippen LogP contribution in [0.4, 0.5) is 0 Å². The van der Waals surface area contributed by atoms with E-state index in [0.29, 0.717) is 11.8 Å². The second-order valence-electron chi connectivity index (χ2n) is 6.64. The maximum atomic E-state index is 5.64. The Balaban J connectivity index is 1.60. The van der Waals surface area contributed by atoms with Crippen LogP contribution >= 0.6 is 0 Å². The minimum atomic E-state index is 0.494. The molecule has 2 aliphatic heterocycles. The molecule has 20 heavy (non-hydrogen) atoms. The van der Waals surface area contributed by atoms with E-state index in [1.807, 2.05) is 0 Å². The van der Waals surface area contributed by atoms with Gasteiger partial charge in [-0.05, 0) is 51.6 Å². The molecule has 3 heterocycles. The van der Waals surface area contributed by atoms with Crippen LogP contribution < -0.4 is 5.73 Å². The van der Waals surface area contributed by atoms with Gasteiger partial charge in [-0.1, -0.05) is 12.1 Å². The fourth-order valence-electron chi connectivity index (χ4n) is 3.65. The van der Waals surface area contributed by atoms with Gasteiger partial charge < -0.3 is 15.2 Å². The van der Waals surface area contributed by atoms with Gasteiger partial charge in [-0.2, -0.15) is 4.98 Å². The Labute approximate surface area is 120 Å². The second kappa shape index (κ2) is 5.82. The van der Waals surface area contributed by atoms with Gasteiger partial charge in [-0.3, -0.25) is 0 Å². The van der Waals surface area contributed by atoms with Crippen LogP contribution in [-0.2, 0) is 6.42 Å². The van der Waals surface area contributed by atoms with Crippen molar-refractivity contribution >= 4 is 0 Å². The van der Waals surface area contributed by atoms with Crippen molar-refractivity contribution in [1.29, 1.82) is 0 Å². The molecular weight excluding hydrogens is 252 g/mol. The van der Waals surface area contributed by atoms with Crippen molar-refractivity contribution in [2.24, 2.45) is 11.7 Å². The Hall–Kier alpha value is -0.940. The highest BCUT2D eigenvalue weighted by Gasteiger charge is 2.40. The van der Waals surface area contributed by atoms with Crippen LogP contribution in [0.5, 0.6) is 0 Å². The predicted octanol–water partition coefficient (Wildman–Crippen LogP) is 1.94. The zero-order chi connectivity index (χ0) is 14.1. The van der Waals surface area contributed by atoms with E-state index in [2.05, 4.69) is 29.0 Å². The zero-order valence-electron chi connectivity index (χ0n) is 12.6. The molecule has 3 rings (SSSR count). The summed E-state index contributed by atoms with van der Waals surface area (Å²) in [4.78, 5) is 7.17. The highest BCUT2D eigenvalue weighted by Crippen LogP contribution is 2.41. The van der Waals surface area contributed by atoms with Crippen molar-refractivity contribution < 1.29 is 4.52 Å². The van der Waals surface area contributed by atoms with E-state index in [0.717, 1.165) is 43.2 Å². The monoisotopic (exact) mass is 278 g/mol. The average Bonchev–Trinajstić information content (AvgIpc) is 2.98. The molecule has 1 aromatic heterocycles. The van der Waals surface area contributed by atoms with Gasteiger partial charge in [0.15, 0.2) is 5.82 Å². The Morgan fingerprint density at radius 3 is 2.70 bits per heavy atom. The molecule has 0 spiro atoms. The van der Waals surface area contributed by atoms with Crippen LogP contribution in [0.2, 0.25) is 0 Å². The maximum absolute atomic E-state index is 5.64. The van der Waals surface area contributed by atoms with Crippen LogP contribution in [0.3, 0.4) is 0 Å². The number of fused-ring (bicyclic) bond motifs is 2. The summed E-state index contributed by atoms with van der Waals surface area (Å²) in [5.41, 5.74) is 5.64. The summed E-state index contributed by atoms with van der Waals surface area (Å²) in [6, 6.07) is 1.44. The lowest BCUT2D eigenvalue weighted by Crippen LogP contribution is -2.39. The van der Waals surface area contributed by atoms with E-state index in [9.17, 15) is 0 Å². The van der Waals surface area contributed by atoms with E-state index in [1.165, 1.54) is 25.7 Å². The Kier molecular flexibility index (Phi) is 4.08. The molecule has 2 fully saturated rings. The number of hydrogen-bond donors (Lipinski definition) is 1. The Morgan fingerprint density at radius 2 is 2.05 bits per heavy atom. The molecule has 0 aromatic carbocycles. The number of hydrogen-bond acceptors (Lipinski definition) is 5. The predicted molar refractivity (Wildman–Crippen MR) is 77.4 cm³/mol. The molecule has 0 saturated carbocycles. The zero-order valence-corrected chi connectivity index (χ0v) is 12.6. The lowest BCUT2D eigenvalue weighted by atomic mass is 9.90. The molecule has 2 saturated heterocycles. The van der Waals surface area contributed by atoms with Crippen molar-refractivity contribution in [2.45, 2.75) is 63.5 Å². The lowest BCUT2D eigenvalue weighted by molar-refractivity contribution is 0.157. The quantitative estimate of drug-likeness (QED) is 0.891. The molecule has 3 unspecified atom stereocenters. The van der Waals surface area contributed by atoms with Crippen LogP contribution in [0.25, 0.3) is 0 Å². The summed E-state index contributed by atoms with van der Waals surface area (Å²) >= 11 is 0. The molecule has 2 bridgehead atoms. The van der Waals surface area contributed by atoms with Gasteiger partial charge in [-0.25, -0.2) is 0 Å². The lowest BCUT2D eigenvalue weighted by Gasteiger charge is -2.34. The Morgan fingerprint density at radius 1 is 1.35 bits per heavy atom. The smallest absolute Gasteiger partial charge is 0.226 e. The number of nitrogens with two attached hydrogens (primary N) is 1. The van der Waals surface area contributed by atoms with Gasteiger partial charge in [-0.15, -0.1) is 0 Å². The minimum absolute atomic E-state index is 0.494. The standard InChI is InChI=1S/C15H26N4O/c1-10(9-16)3-6-14-17-15(18-20-14)11-7-12-4-5-13(8-11)19(12)2/h10-13H,3-9,16H2,1-2H3. The Bertz CT molecular complexity index is 433. The highest BCUT2D eigenvalue weighted by molar-refractivity contribution is 5.05. The molecule has 0 amide bonds. The van der Waals surface area contributed by atoms with E-state index in [1.54, 1.807) is 0 Å². The van der Waals surface area contributed by atoms with Gasteiger partial charge in [0.2, 0.25) is 5.89 Å². The van der Waals surface area contributed by atoms with Crippen molar-refractivity contribution in [2.75, 3.05) is 13.6 Å². The number of aromatic nitrogens is 2. The third kappa shape index (κ3) is 2.74. The van der Waals surface area contributed by atoms with E-state index in [-0.39, 0.29) is 0 Å². The third-order valence-corrected chi connectivity index (χ3v) is 5.20. The molecule has 0 radical (unpaired) electrons. The molecular formula is C15H26N4O. The number of rotatable bonds is 5. The first-order chi connectivity index (χ1) is 9.67. The topological polar surface area (TPSA) is 68.2 Å². The summed E-state index contributed by atoms with van der Waals surface area (Å²) < 4.78 is 5.41. The van der Waals surface area contributed by atoms with Crippen molar-refractivity contribution in [3.05, 3.63) is 11.7 Å². The van der Waals surface area contributed by atoms with Gasteiger partial charge >= 0.3 is 0 Å². The molecule has 1 aromatic rings. The fourth-order valence-corrected chi connectivity index (χ4v) is 3.65. The molecule has 2 N–H and O–H groups in total. The third-order valence-electron chi connectivity index (χ3n) is 5.20. The van der Waals surface area contributed by atoms with Gasteiger partial charge in [0.05, 0.1) is 0 Å². The van der Waals surface area contributed by atoms with Gasteiger partial charge in [0, 0.05) is 24.4 Å². The number of aryl methyl sites for hydroxylation is 1. The van der Waals surface area contributed by atoms with E-state index >= 15 is 0 Å². The highest BCUT2D eigenvalue weighted by atomic mass is 16.5. The van der Waals surface area contributed by atoms with Crippen molar-refractivity contribution in [3.8, 4) is 0 Å². The molecule has 3 atom stereocenters. The molecule has 0 aliphatic carbocycles. The summed E-state index contributed by atoms with van der Waals surface area (Å²) in [7, 11) is 2.26. The minimum Gasteiger partial charge on any atom is -0.339 e. The maximum Gasteiger partial charge on any atom is 0.226 e. The molecule has 112 valence electrons. The average molecular weight is 278 g/mol. The van der Waals surface area contributed by atoms with Crippen LogP contribution in [-0.4, -0.2) is 40.7 Å². The van der Waals surface area contributed by atoms with E-state index in [4.69, 9.17) is 10.3 Å². The largest absolute Gasteiger partial charge is 0.339 e. The fraction of sp³-hybridized carbons (Fsp3) is 0.867. The van der Waals surface area contributed by atoms with Crippen LogP contribution in [0.15, 0.2) is 4.52 Å². The number of nitrogens with zero attached hydrogens (tertiary/aromatic N) is 3. The summed E-state index contributed by atoms with van der Waals surface area (Å²) in [6.07, 6.45) is 6.91. The second-order valence-corrected chi connectivity index (χ2v) is 6.64. The first-order valence-electron chi connectivity index (χ1n) is 7.91. The first-order valence-corrected chi connectivity index (χ1v) is 7.91. The number of piperidine rings is 1. The summed E-state index contributed by atoms with van der Waals surface area (Å²) in [6.45, 7) is 2.88. The normalized spacial score (nSPS) is 31.6. The summed E-state index contributed by atoms with van der Waals surface area (Å²) in [5.74, 6) is 2.73. The van der Waals surface area contributed by atoms with Crippen LogP contribution in [0.1, 0.15) is 56.7 Å². The molecule has 5 heteroatoms. The van der Waals surface area contributed by atoms with Crippen molar-refractivity contribution in [3.63, 3.8) is 0 Å². The van der Waals surface area contributed by atoms with Gasteiger partial charge in [0.25, 0.3) is 0 Å². The SMILES string of the molecule is CC(CN)CCc1nc(C2CC3CCC(C2)N3C)no1. The first kappa shape index (κ1) is 14.0. The molecule has 5 nitrogen and oxygen atoms in total. The van der Waals surface area contributed by atoms with Gasteiger partial charge in [0.1, 0.15) is 0 Å². The van der Waals surface area contributed by atoms with E-state index < -0.39 is 0 Å². The molecule has 2 aliphatic rings.